The summed E-state index contributed by atoms with van der Waals surface area (Å²) in [5.41, 5.74) is 1.47. The van der Waals surface area contributed by atoms with Crippen LogP contribution in [0.5, 0.6) is 0 Å². The molecule has 0 aliphatic carbocycles. The van der Waals surface area contributed by atoms with Gasteiger partial charge in [0.1, 0.15) is 22.3 Å². The van der Waals surface area contributed by atoms with Crippen LogP contribution in [-0.2, 0) is 4.79 Å². The molecule has 1 amide bonds. The van der Waals surface area contributed by atoms with Crippen molar-refractivity contribution in [1.82, 2.24) is 19.9 Å². The fourth-order valence-corrected chi connectivity index (χ4v) is 4.93. The Hall–Kier alpha value is -3.28. The van der Waals surface area contributed by atoms with E-state index in [-0.39, 0.29) is 12.3 Å². The first kappa shape index (κ1) is 25.8. The largest absolute Gasteiger partial charge is 0.481 e. The average Bonchev–Trinajstić information content (AvgIpc) is 3.30. The standard InChI is InChI=1S/C24H28ClN7O3S/c1-15-5-3-6-17(25)22(15)30-23(35)18-14-26-24(36-18)29-19-13-20(28-16(2)27-19)32-11-9-31(10-12-32)8-4-7-21(33)34/h3,5-6,13-14H,4,7-12H2,1-2H3,(H,30,35)(H,33,34)(H,26,27,28,29). The Morgan fingerprint density at radius 3 is 2.67 bits per heavy atom. The molecule has 1 aromatic carbocycles. The van der Waals surface area contributed by atoms with Crippen LogP contribution in [0.15, 0.2) is 30.5 Å². The number of carbonyl (C=O) groups is 2. The molecule has 2 aromatic heterocycles. The zero-order chi connectivity index (χ0) is 25.7. The third kappa shape index (κ3) is 6.68. The molecule has 1 fully saturated rings. The summed E-state index contributed by atoms with van der Waals surface area (Å²) < 4.78 is 0. The number of halogens is 1. The number of anilines is 4. The van der Waals surface area contributed by atoms with E-state index in [0.717, 1.165) is 44.1 Å². The van der Waals surface area contributed by atoms with Crippen LogP contribution in [-0.4, -0.2) is 69.6 Å². The van der Waals surface area contributed by atoms with Gasteiger partial charge in [-0.1, -0.05) is 35.1 Å². The van der Waals surface area contributed by atoms with Crippen LogP contribution in [0.25, 0.3) is 0 Å². The van der Waals surface area contributed by atoms with Crippen molar-refractivity contribution in [3.8, 4) is 0 Å². The topological polar surface area (TPSA) is 124 Å². The number of nitrogens with one attached hydrogen (secondary N) is 2. The molecule has 1 aliphatic heterocycles. The molecular formula is C24H28ClN7O3S. The monoisotopic (exact) mass is 529 g/mol. The summed E-state index contributed by atoms with van der Waals surface area (Å²) in [7, 11) is 0. The fourth-order valence-electron chi connectivity index (χ4n) is 3.94. The summed E-state index contributed by atoms with van der Waals surface area (Å²) in [5, 5.41) is 15.9. The molecule has 10 nitrogen and oxygen atoms in total. The molecule has 0 saturated carbocycles. The van der Waals surface area contributed by atoms with E-state index in [1.165, 1.54) is 17.5 Å². The SMILES string of the molecule is Cc1nc(Nc2ncc(C(=O)Nc3c(C)cccc3Cl)s2)cc(N2CCN(CCCC(=O)O)CC2)n1. The predicted octanol–water partition coefficient (Wildman–Crippen LogP) is 4.19. The van der Waals surface area contributed by atoms with Crippen molar-refractivity contribution in [3.05, 3.63) is 51.7 Å². The Bertz CT molecular complexity index is 1220. The number of carboxylic acid groups (broad SMARTS) is 1. The second kappa shape index (κ2) is 11.6. The minimum atomic E-state index is -0.756. The number of nitrogens with zero attached hydrogens (tertiary/aromatic N) is 5. The van der Waals surface area contributed by atoms with Crippen LogP contribution in [0.3, 0.4) is 0 Å². The Morgan fingerprint density at radius 1 is 1.17 bits per heavy atom. The lowest BCUT2D eigenvalue weighted by Crippen LogP contribution is -2.47. The predicted molar refractivity (Wildman–Crippen MR) is 142 cm³/mol. The van der Waals surface area contributed by atoms with Crippen LogP contribution < -0.4 is 15.5 Å². The van der Waals surface area contributed by atoms with Gasteiger partial charge in [-0.15, -0.1) is 0 Å². The molecule has 4 rings (SSSR count). The van der Waals surface area contributed by atoms with Crippen molar-refractivity contribution in [2.75, 3.05) is 48.3 Å². The summed E-state index contributed by atoms with van der Waals surface area (Å²) in [6.45, 7) is 7.80. The van der Waals surface area contributed by atoms with Gasteiger partial charge in [0.25, 0.3) is 5.91 Å². The van der Waals surface area contributed by atoms with Gasteiger partial charge in [-0.2, -0.15) is 0 Å². The highest BCUT2D eigenvalue weighted by atomic mass is 35.5. The second-order valence-electron chi connectivity index (χ2n) is 8.53. The first-order chi connectivity index (χ1) is 17.3. The molecule has 1 saturated heterocycles. The van der Waals surface area contributed by atoms with Crippen molar-refractivity contribution < 1.29 is 14.7 Å². The van der Waals surface area contributed by atoms with Crippen molar-refractivity contribution in [1.29, 1.82) is 0 Å². The normalized spacial score (nSPS) is 14.0. The minimum Gasteiger partial charge on any atom is -0.481 e. The Kier molecular flexibility index (Phi) is 8.34. The van der Waals surface area contributed by atoms with Crippen LogP contribution in [0.2, 0.25) is 5.02 Å². The van der Waals surface area contributed by atoms with Crippen LogP contribution in [0.1, 0.15) is 33.9 Å². The summed E-state index contributed by atoms with van der Waals surface area (Å²) in [4.78, 5) is 41.8. The number of benzene rings is 1. The second-order valence-corrected chi connectivity index (χ2v) is 9.96. The molecular weight excluding hydrogens is 502 g/mol. The van der Waals surface area contributed by atoms with Gasteiger partial charge in [0.15, 0.2) is 5.13 Å². The Labute approximate surface area is 218 Å². The number of thiazole rings is 1. The molecule has 3 heterocycles. The zero-order valence-electron chi connectivity index (χ0n) is 20.1. The number of hydrogen-bond acceptors (Lipinski definition) is 9. The summed E-state index contributed by atoms with van der Waals surface area (Å²) in [6, 6.07) is 7.33. The van der Waals surface area contributed by atoms with Crippen LogP contribution in [0, 0.1) is 13.8 Å². The fraction of sp³-hybridized carbons (Fsp3) is 0.375. The van der Waals surface area contributed by atoms with Crippen molar-refractivity contribution in [2.45, 2.75) is 26.7 Å². The molecule has 1 aliphatic rings. The number of rotatable bonds is 9. The highest BCUT2D eigenvalue weighted by Crippen LogP contribution is 2.28. The average molecular weight is 530 g/mol. The number of aromatic nitrogens is 3. The number of aliphatic carboxylic acids is 1. The molecule has 0 atom stereocenters. The quantitative estimate of drug-likeness (QED) is 0.374. The molecule has 36 heavy (non-hydrogen) atoms. The van der Waals surface area contributed by atoms with Gasteiger partial charge in [0.05, 0.1) is 16.9 Å². The van der Waals surface area contributed by atoms with Crippen LogP contribution >= 0.6 is 22.9 Å². The van der Waals surface area contributed by atoms with Crippen molar-refractivity contribution in [3.63, 3.8) is 0 Å². The van der Waals surface area contributed by atoms with E-state index < -0.39 is 5.97 Å². The highest BCUT2D eigenvalue weighted by Gasteiger charge is 2.20. The van der Waals surface area contributed by atoms with E-state index in [0.29, 0.717) is 38.8 Å². The maximum atomic E-state index is 12.7. The first-order valence-corrected chi connectivity index (χ1v) is 12.8. The van der Waals surface area contributed by atoms with Gasteiger partial charge < -0.3 is 20.6 Å². The van der Waals surface area contributed by atoms with Gasteiger partial charge >= 0.3 is 5.97 Å². The molecule has 3 aromatic rings. The zero-order valence-corrected chi connectivity index (χ0v) is 21.7. The number of piperazine rings is 1. The smallest absolute Gasteiger partial charge is 0.303 e. The van der Waals surface area contributed by atoms with E-state index in [1.54, 1.807) is 6.07 Å². The van der Waals surface area contributed by atoms with Gasteiger partial charge in [0, 0.05) is 38.7 Å². The summed E-state index contributed by atoms with van der Waals surface area (Å²) in [5.74, 6) is 1.01. The Morgan fingerprint density at radius 2 is 1.94 bits per heavy atom. The third-order valence-corrected chi connectivity index (χ3v) is 7.04. The minimum absolute atomic E-state index is 0.195. The highest BCUT2D eigenvalue weighted by molar-refractivity contribution is 7.17. The van der Waals surface area contributed by atoms with Gasteiger partial charge in [-0.25, -0.2) is 15.0 Å². The number of carboxylic acids is 1. The van der Waals surface area contributed by atoms with E-state index in [4.69, 9.17) is 16.7 Å². The van der Waals surface area contributed by atoms with Gasteiger partial charge in [-0.05, 0) is 38.4 Å². The molecule has 0 bridgehead atoms. The maximum absolute atomic E-state index is 12.7. The van der Waals surface area contributed by atoms with E-state index in [2.05, 4.69) is 35.4 Å². The third-order valence-electron chi connectivity index (χ3n) is 5.81. The number of carbonyl (C=O) groups excluding carboxylic acids is 1. The number of hydrogen-bond donors (Lipinski definition) is 3. The Balaban J connectivity index is 1.37. The molecule has 0 spiro atoms. The molecule has 0 radical (unpaired) electrons. The molecule has 12 heteroatoms. The van der Waals surface area contributed by atoms with E-state index in [1.807, 2.05) is 32.0 Å². The van der Waals surface area contributed by atoms with Crippen molar-refractivity contribution >= 4 is 57.3 Å². The van der Waals surface area contributed by atoms with E-state index >= 15 is 0 Å². The van der Waals surface area contributed by atoms with Gasteiger partial charge in [0.2, 0.25) is 0 Å². The molecule has 0 unspecified atom stereocenters. The lowest BCUT2D eigenvalue weighted by molar-refractivity contribution is -0.137. The summed E-state index contributed by atoms with van der Waals surface area (Å²) in [6.07, 6.45) is 2.37. The maximum Gasteiger partial charge on any atom is 0.303 e. The van der Waals surface area contributed by atoms with Crippen molar-refractivity contribution in [2.24, 2.45) is 0 Å². The van der Waals surface area contributed by atoms with Gasteiger partial charge in [-0.3, -0.25) is 14.5 Å². The molecule has 190 valence electrons. The number of amides is 1. The first-order valence-electron chi connectivity index (χ1n) is 11.6. The lowest BCUT2D eigenvalue weighted by Gasteiger charge is -2.35. The molecule has 3 N–H and O–H groups in total. The summed E-state index contributed by atoms with van der Waals surface area (Å²) >= 11 is 7.45. The number of para-hydroxylation sites is 1. The van der Waals surface area contributed by atoms with Crippen LogP contribution in [0.4, 0.5) is 22.5 Å². The lowest BCUT2D eigenvalue weighted by atomic mass is 10.2. The number of aryl methyl sites for hydroxylation is 2. The van der Waals surface area contributed by atoms with E-state index in [9.17, 15) is 9.59 Å².